The molecular weight excluding hydrogens is 274 g/mol. The molecule has 0 saturated carbocycles. The van der Waals surface area contributed by atoms with E-state index in [1.807, 2.05) is 0 Å². The van der Waals surface area contributed by atoms with Gasteiger partial charge in [-0.3, -0.25) is 14.9 Å². The maximum Gasteiger partial charge on any atom is 0.319 e. The number of aliphatic hydroxyl groups is 1. The summed E-state index contributed by atoms with van der Waals surface area (Å²) in [4.78, 5) is 27.6. The average molecular weight is 286 g/mol. The number of hydrogen-bond donors (Lipinski definition) is 1. The van der Waals surface area contributed by atoms with E-state index < -0.39 is 16.5 Å². The van der Waals surface area contributed by atoms with Crippen LogP contribution in [0.15, 0.2) is 12.3 Å². The van der Waals surface area contributed by atoms with Gasteiger partial charge in [-0.25, -0.2) is 4.98 Å². The van der Waals surface area contributed by atoms with Gasteiger partial charge in [0.05, 0.1) is 17.6 Å². The standard InChI is InChI=1S/C11H12ClN3O4/c12-10-9(15(18)19)8(3-4-13-10)11(17)14-5-1-2-7(14)6-16/h3-4,7,16H,1-2,5-6H2/t7-/m1/s1. The van der Waals surface area contributed by atoms with Gasteiger partial charge in [-0.15, -0.1) is 0 Å². The third-order valence-corrected chi connectivity index (χ3v) is 3.42. The van der Waals surface area contributed by atoms with Crippen molar-refractivity contribution < 1.29 is 14.8 Å². The van der Waals surface area contributed by atoms with Crippen LogP contribution in [0.25, 0.3) is 0 Å². The number of carbonyl (C=O) groups excluding carboxylic acids is 1. The summed E-state index contributed by atoms with van der Waals surface area (Å²) in [6, 6.07) is 0.984. The molecule has 2 rings (SSSR count). The van der Waals surface area contributed by atoms with E-state index in [0.717, 1.165) is 6.42 Å². The highest BCUT2D eigenvalue weighted by Crippen LogP contribution is 2.29. The maximum atomic E-state index is 12.3. The summed E-state index contributed by atoms with van der Waals surface area (Å²) in [6.07, 6.45) is 2.71. The van der Waals surface area contributed by atoms with Crippen LogP contribution in [-0.2, 0) is 0 Å². The molecule has 2 heterocycles. The molecule has 7 nitrogen and oxygen atoms in total. The van der Waals surface area contributed by atoms with Gasteiger partial charge in [0, 0.05) is 12.7 Å². The number of pyridine rings is 1. The van der Waals surface area contributed by atoms with Gasteiger partial charge < -0.3 is 10.0 Å². The molecule has 1 N–H and O–H groups in total. The zero-order valence-corrected chi connectivity index (χ0v) is 10.7. The number of amides is 1. The lowest BCUT2D eigenvalue weighted by Gasteiger charge is -2.22. The summed E-state index contributed by atoms with van der Waals surface area (Å²) in [6.45, 7) is 0.319. The molecule has 0 radical (unpaired) electrons. The second kappa shape index (κ2) is 5.50. The molecule has 0 spiro atoms. The van der Waals surface area contributed by atoms with Crippen molar-refractivity contribution in [2.75, 3.05) is 13.2 Å². The van der Waals surface area contributed by atoms with E-state index in [1.54, 1.807) is 0 Å². The Morgan fingerprint density at radius 2 is 2.42 bits per heavy atom. The Morgan fingerprint density at radius 3 is 3.05 bits per heavy atom. The molecule has 1 amide bonds. The number of likely N-dealkylation sites (tertiary alicyclic amines) is 1. The van der Waals surface area contributed by atoms with Gasteiger partial charge in [-0.1, -0.05) is 11.6 Å². The summed E-state index contributed by atoms with van der Waals surface area (Å²) < 4.78 is 0. The fourth-order valence-corrected chi connectivity index (χ4v) is 2.45. The van der Waals surface area contributed by atoms with Crippen molar-refractivity contribution in [1.82, 2.24) is 9.88 Å². The highest BCUT2D eigenvalue weighted by molar-refractivity contribution is 6.32. The largest absolute Gasteiger partial charge is 0.394 e. The number of rotatable bonds is 3. The summed E-state index contributed by atoms with van der Waals surface area (Å²) in [7, 11) is 0. The normalized spacial score (nSPS) is 18.6. The summed E-state index contributed by atoms with van der Waals surface area (Å²) in [5.74, 6) is -0.493. The lowest BCUT2D eigenvalue weighted by atomic mass is 10.1. The minimum atomic E-state index is -0.716. The van der Waals surface area contributed by atoms with Gasteiger partial charge in [0.15, 0.2) is 0 Å². The molecule has 0 aromatic carbocycles. The third kappa shape index (κ3) is 2.52. The molecule has 19 heavy (non-hydrogen) atoms. The molecule has 0 unspecified atom stereocenters. The molecule has 8 heteroatoms. The first-order valence-corrected chi connectivity index (χ1v) is 6.14. The van der Waals surface area contributed by atoms with Crippen molar-refractivity contribution in [3.63, 3.8) is 0 Å². The van der Waals surface area contributed by atoms with Crippen molar-refractivity contribution in [1.29, 1.82) is 0 Å². The summed E-state index contributed by atoms with van der Waals surface area (Å²) in [5.41, 5.74) is -0.580. The molecular formula is C11H12ClN3O4. The summed E-state index contributed by atoms with van der Waals surface area (Å²) in [5, 5.41) is 19.9. The SMILES string of the molecule is O=C(c1ccnc(Cl)c1[N+](=O)[O-])N1CCC[C@@H]1CO. The van der Waals surface area contributed by atoms with Crippen LogP contribution in [-0.4, -0.2) is 45.0 Å². The topological polar surface area (TPSA) is 96.6 Å². The maximum absolute atomic E-state index is 12.3. The van der Waals surface area contributed by atoms with E-state index in [2.05, 4.69) is 4.98 Å². The Labute approximate surface area is 114 Å². The van der Waals surface area contributed by atoms with Crippen LogP contribution in [0.2, 0.25) is 5.15 Å². The van der Waals surface area contributed by atoms with Gasteiger partial charge in [-0.05, 0) is 18.9 Å². The van der Waals surface area contributed by atoms with Crippen LogP contribution in [0.4, 0.5) is 5.69 Å². The van der Waals surface area contributed by atoms with Crippen molar-refractivity contribution in [3.8, 4) is 0 Å². The molecule has 1 aromatic rings. The zero-order chi connectivity index (χ0) is 14.0. The first-order chi connectivity index (χ1) is 9.06. The highest BCUT2D eigenvalue weighted by Gasteiger charge is 2.33. The van der Waals surface area contributed by atoms with Crippen LogP contribution in [0.5, 0.6) is 0 Å². The van der Waals surface area contributed by atoms with Crippen LogP contribution in [0, 0.1) is 10.1 Å². The first-order valence-electron chi connectivity index (χ1n) is 5.77. The lowest BCUT2D eigenvalue weighted by molar-refractivity contribution is -0.385. The number of nitro groups is 1. The predicted molar refractivity (Wildman–Crippen MR) is 67.0 cm³/mol. The number of nitrogens with zero attached hydrogens (tertiary/aromatic N) is 3. The molecule has 0 bridgehead atoms. The van der Waals surface area contributed by atoms with Gasteiger partial charge in [0.2, 0.25) is 5.15 Å². The Balaban J connectivity index is 2.39. The second-order valence-corrected chi connectivity index (χ2v) is 4.59. The Hall–Kier alpha value is -1.73. The summed E-state index contributed by atoms with van der Waals surface area (Å²) >= 11 is 5.67. The number of hydrogen-bond acceptors (Lipinski definition) is 5. The van der Waals surface area contributed by atoms with E-state index >= 15 is 0 Å². The Morgan fingerprint density at radius 1 is 1.68 bits per heavy atom. The van der Waals surface area contributed by atoms with Crippen LogP contribution in [0.1, 0.15) is 23.2 Å². The fraction of sp³-hybridized carbons (Fsp3) is 0.455. The molecule has 1 aliphatic heterocycles. The molecule has 1 aliphatic rings. The highest BCUT2D eigenvalue weighted by atomic mass is 35.5. The van der Waals surface area contributed by atoms with Gasteiger partial charge >= 0.3 is 5.69 Å². The van der Waals surface area contributed by atoms with Crippen molar-refractivity contribution in [2.45, 2.75) is 18.9 Å². The monoisotopic (exact) mass is 285 g/mol. The Kier molecular flexibility index (Phi) is 3.96. The van der Waals surface area contributed by atoms with Crippen LogP contribution < -0.4 is 0 Å². The molecule has 0 aliphatic carbocycles. The van der Waals surface area contributed by atoms with E-state index in [0.29, 0.717) is 13.0 Å². The fourth-order valence-electron chi connectivity index (χ4n) is 2.22. The third-order valence-electron chi connectivity index (χ3n) is 3.14. The van der Waals surface area contributed by atoms with Crippen LogP contribution in [0.3, 0.4) is 0 Å². The molecule has 102 valence electrons. The van der Waals surface area contributed by atoms with Gasteiger partial charge in [0.25, 0.3) is 5.91 Å². The smallest absolute Gasteiger partial charge is 0.319 e. The van der Waals surface area contributed by atoms with E-state index in [1.165, 1.54) is 17.2 Å². The molecule has 1 fully saturated rings. The number of aliphatic hydroxyl groups excluding tert-OH is 1. The zero-order valence-electron chi connectivity index (χ0n) is 9.95. The molecule has 1 atom stereocenters. The second-order valence-electron chi connectivity index (χ2n) is 4.23. The number of aromatic nitrogens is 1. The molecule has 1 aromatic heterocycles. The van der Waals surface area contributed by atoms with Crippen molar-refractivity contribution >= 4 is 23.2 Å². The van der Waals surface area contributed by atoms with Gasteiger partial charge in [0.1, 0.15) is 5.56 Å². The first kappa shape index (κ1) is 13.7. The van der Waals surface area contributed by atoms with E-state index in [4.69, 9.17) is 11.6 Å². The molecule has 1 saturated heterocycles. The number of halogens is 1. The van der Waals surface area contributed by atoms with Crippen molar-refractivity contribution in [3.05, 3.63) is 33.1 Å². The van der Waals surface area contributed by atoms with Crippen molar-refractivity contribution in [2.24, 2.45) is 0 Å². The average Bonchev–Trinajstić information content (AvgIpc) is 2.85. The van der Waals surface area contributed by atoms with Gasteiger partial charge in [-0.2, -0.15) is 0 Å². The van der Waals surface area contributed by atoms with Crippen LogP contribution >= 0.6 is 11.6 Å². The lowest BCUT2D eigenvalue weighted by Crippen LogP contribution is -2.37. The minimum Gasteiger partial charge on any atom is -0.394 e. The minimum absolute atomic E-state index is 0.0923. The number of carbonyl (C=O) groups is 1. The quantitative estimate of drug-likeness (QED) is 0.512. The predicted octanol–water partition coefficient (Wildman–Crippen LogP) is 1.24. The van der Waals surface area contributed by atoms with E-state index in [-0.39, 0.29) is 23.4 Å². The van der Waals surface area contributed by atoms with E-state index in [9.17, 15) is 20.0 Å². The Bertz CT molecular complexity index is 523.